The summed E-state index contributed by atoms with van der Waals surface area (Å²) in [6.07, 6.45) is 3.29. The van der Waals surface area contributed by atoms with Gasteiger partial charge in [0, 0.05) is 33.2 Å². The number of nitrogens with zero attached hydrogens (tertiary/aromatic N) is 5. The fraction of sp³-hybridized carbons (Fsp3) is 0.471. The number of aryl methyl sites for hydroxylation is 1. The normalized spacial score (nSPS) is 16.5. The molecule has 2 aromatic rings. The molecule has 1 aliphatic rings. The van der Waals surface area contributed by atoms with E-state index in [9.17, 15) is 9.59 Å². The molecule has 3 amide bonds. The number of primary amides is 1. The van der Waals surface area contributed by atoms with Gasteiger partial charge in [-0.05, 0) is 37.4 Å². The zero-order chi connectivity index (χ0) is 20.3. The molecular formula is C17H24N8O2S. The van der Waals surface area contributed by atoms with Gasteiger partial charge < -0.3 is 26.2 Å². The monoisotopic (exact) mass is 404 g/mol. The van der Waals surface area contributed by atoms with E-state index >= 15 is 0 Å². The molecule has 0 spiro atoms. The Bertz CT molecular complexity index is 869. The molecule has 0 bridgehead atoms. The first-order valence-electron chi connectivity index (χ1n) is 8.93. The minimum atomic E-state index is -0.664. The van der Waals surface area contributed by atoms with Crippen molar-refractivity contribution in [2.45, 2.75) is 25.8 Å². The Balaban J connectivity index is 1.76. The maximum atomic E-state index is 12.2. The van der Waals surface area contributed by atoms with Crippen LogP contribution in [0.2, 0.25) is 0 Å². The van der Waals surface area contributed by atoms with Crippen LogP contribution in [0, 0.1) is 6.92 Å². The van der Waals surface area contributed by atoms with Gasteiger partial charge in [-0.3, -0.25) is 4.79 Å². The topological polar surface area (TPSA) is 129 Å². The Hall–Kier alpha value is -2.95. The van der Waals surface area contributed by atoms with Gasteiger partial charge in [-0.15, -0.1) is 0 Å². The Labute approximate surface area is 167 Å². The van der Waals surface area contributed by atoms with E-state index in [0.717, 1.165) is 30.1 Å². The third kappa shape index (κ3) is 4.66. The van der Waals surface area contributed by atoms with E-state index < -0.39 is 5.91 Å². The summed E-state index contributed by atoms with van der Waals surface area (Å²) in [5.41, 5.74) is 6.35. The van der Waals surface area contributed by atoms with Crippen molar-refractivity contribution in [3.05, 3.63) is 23.7 Å². The second kappa shape index (κ2) is 8.38. The van der Waals surface area contributed by atoms with Crippen molar-refractivity contribution >= 4 is 40.1 Å². The van der Waals surface area contributed by atoms with Crippen molar-refractivity contribution in [2.75, 3.05) is 37.8 Å². The van der Waals surface area contributed by atoms with E-state index in [2.05, 4.69) is 25.0 Å². The molecular weight excluding hydrogens is 380 g/mol. The van der Waals surface area contributed by atoms with Crippen LogP contribution in [0.5, 0.6) is 0 Å². The van der Waals surface area contributed by atoms with Gasteiger partial charge in [-0.1, -0.05) is 0 Å². The molecule has 0 aliphatic carbocycles. The number of likely N-dealkylation sites (tertiary alicyclic amines) is 1. The number of carbonyl (C=O) groups excluding carboxylic acids is 2. The molecule has 1 unspecified atom stereocenters. The Morgan fingerprint density at radius 1 is 1.39 bits per heavy atom. The molecule has 1 aliphatic heterocycles. The number of rotatable bonds is 5. The SMILES string of the molecule is Cc1cc(Nc2nc(NC3CCCN(C(=O)N(C)C)C3)cnc2C(N)=O)sn1. The van der Waals surface area contributed by atoms with E-state index in [0.29, 0.717) is 12.4 Å². The van der Waals surface area contributed by atoms with E-state index in [1.165, 1.54) is 17.7 Å². The molecule has 1 fully saturated rings. The molecule has 0 saturated carbocycles. The van der Waals surface area contributed by atoms with Crippen LogP contribution in [0.1, 0.15) is 29.0 Å². The Morgan fingerprint density at radius 3 is 2.82 bits per heavy atom. The van der Waals surface area contributed by atoms with Gasteiger partial charge in [0.05, 0.1) is 11.9 Å². The molecule has 150 valence electrons. The lowest BCUT2D eigenvalue weighted by Gasteiger charge is -2.34. The first kappa shape index (κ1) is 19.8. The largest absolute Gasteiger partial charge is 0.364 e. The van der Waals surface area contributed by atoms with Gasteiger partial charge in [0.25, 0.3) is 5.91 Å². The second-order valence-corrected chi connectivity index (χ2v) is 7.69. The van der Waals surface area contributed by atoms with Gasteiger partial charge in [0.1, 0.15) is 10.8 Å². The van der Waals surface area contributed by atoms with Crippen LogP contribution < -0.4 is 16.4 Å². The average Bonchev–Trinajstić information content (AvgIpc) is 3.06. The maximum absolute atomic E-state index is 12.2. The van der Waals surface area contributed by atoms with Crippen LogP contribution in [0.4, 0.5) is 21.4 Å². The maximum Gasteiger partial charge on any atom is 0.319 e. The zero-order valence-corrected chi connectivity index (χ0v) is 16.9. The summed E-state index contributed by atoms with van der Waals surface area (Å²) in [6.45, 7) is 3.19. The fourth-order valence-electron chi connectivity index (χ4n) is 3.03. The highest BCUT2D eigenvalue weighted by Crippen LogP contribution is 2.24. The van der Waals surface area contributed by atoms with Gasteiger partial charge in [-0.2, -0.15) is 4.37 Å². The molecule has 1 atom stereocenters. The predicted molar refractivity (Wildman–Crippen MR) is 108 cm³/mol. The predicted octanol–water partition coefficient (Wildman–Crippen LogP) is 1.64. The average molecular weight is 405 g/mol. The summed E-state index contributed by atoms with van der Waals surface area (Å²) >= 11 is 1.26. The first-order chi connectivity index (χ1) is 13.3. The number of aromatic nitrogens is 3. The standard InChI is InChI=1S/C17H24N8O2S/c1-10-7-13(28-23-10)22-16-14(15(18)26)19-8-12(21-16)20-11-5-4-6-25(9-11)17(27)24(2)3/h7-8,11H,4-6,9H2,1-3H3,(H2,18,26)(H2,20,21,22). The van der Waals surface area contributed by atoms with Crippen LogP contribution in [-0.2, 0) is 0 Å². The van der Waals surface area contributed by atoms with Crippen LogP contribution in [0.3, 0.4) is 0 Å². The molecule has 10 nitrogen and oxygen atoms in total. The third-order valence-corrected chi connectivity index (χ3v) is 5.10. The number of carbonyl (C=O) groups is 2. The second-order valence-electron chi connectivity index (χ2n) is 6.88. The number of urea groups is 1. The number of hydrogen-bond donors (Lipinski definition) is 3. The summed E-state index contributed by atoms with van der Waals surface area (Å²) in [6, 6.07) is 1.89. The number of amides is 3. The Morgan fingerprint density at radius 2 is 2.18 bits per heavy atom. The minimum absolute atomic E-state index is 0.00965. The van der Waals surface area contributed by atoms with Gasteiger partial charge in [-0.25, -0.2) is 14.8 Å². The van der Waals surface area contributed by atoms with E-state index in [1.54, 1.807) is 19.0 Å². The third-order valence-electron chi connectivity index (χ3n) is 4.30. The lowest BCUT2D eigenvalue weighted by Crippen LogP contribution is -2.48. The van der Waals surface area contributed by atoms with E-state index in [4.69, 9.17) is 5.73 Å². The van der Waals surface area contributed by atoms with Gasteiger partial charge >= 0.3 is 6.03 Å². The van der Waals surface area contributed by atoms with Crippen molar-refractivity contribution < 1.29 is 9.59 Å². The van der Waals surface area contributed by atoms with Crippen LogP contribution in [0.15, 0.2) is 12.3 Å². The summed E-state index contributed by atoms with van der Waals surface area (Å²) in [7, 11) is 3.49. The number of anilines is 3. The summed E-state index contributed by atoms with van der Waals surface area (Å²) in [5.74, 6) is 0.124. The minimum Gasteiger partial charge on any atom is -0.364 e. The highest BCUT2D eigenvalue weighted by atomic mass is 32.1. The molecule has 11 heteroatoms. The van der Waals surface area contributed by atoms with Crippen molar-refractivity contribution in [3.63, 3.8) is 0 Å². The van der Waals surface area contributed by atoms with Crippen molar-refractivity contribution in [2.24, 2.45) is 5.73 Å². The molecule has 2 aromatic heterocycles. The van der Waals surface area contributed by atoms with Gasteiger partial charge in [0.2, 0.25) is 0 Å². The molecule has 3 rings (SSSR count). The molecule has 0 radical (unpaired) electrons. The molecule has 0 aromatic carbocycles. The van der Waals surface area contributed by atoms with Crippen LogP contribution >= 0.6 is 11.5 Å². The molecule has 4 N–H and O–H groups in total. The van der Waals surface area contributed by atoms with Crippen molar-refractivity contribution in [3.8, 4) is 0 Å². The van der Waals surface area contributed by atoms with Crippen LogP contribution in [-0.4, -0.2) is 69.3 Å². The number of piperidine rings is 1. The highest BCUT2D eigenvalue weighted by Gasteiger charge is 2.25. The van der Waals surface area contributed by atoms with Crippen molar-refractivity contribution in [1.82, 2.24) is 24.1 Å². The smallest absolute Gasteiger partial charge is 0.319 e. The number of nitrogens with two attached hydrogens (primary N) is 1. The first-order valence-corrected chi connectivity index (χ1v) is 9.70. The summed E-state index contributed by atoms with van der Waals surface area (Å²) in [4.78, 5) is 35.9. The van der Waals surface area contributed by atoms with Crippen LogP contribution in [0.25, 0.3) is 0 Å². The Kier molecular flexibility index (Phi) is 5.93. The lowest BCUT2D eigenvalue weighted by molar-refractivity contribution is 0.0996. The fourth-order valence-corrected chi connectivity index (χ4v) is 3.69. The highest BCUT2D eigenvalue weighted by molar-refractivity contribution is 7.10. The zero-order valence-electron chi connectivity index (χ0n) is 16.1. The quantitative estimate of drug-likeness (QED) is 0.691. The van der Waals surface area contributed by atoms with Crippen molar-refractivity contribution in [1.29, 1.82) is 0 Å². The summed E-state index contributed by atoms with van der Waals surface area (Å²) < 4.78 is 4.20. The van der Waals surface area contributed by atoms with Gasteiger partial charge in [0.15, 0.2) is 11.5 Å². The number of hydrogen-bond acceptors (Lipinski definition) is 8. The molecule has 1 saturated heterocycles. The van der Waals surface area contributed by atoms with E-state index in [-0.39, 0.29) is 23.6 Å². The molecule has 3 heterocycles. The summed E-state index contributed by atoms with van der Waals surface area (Å²) in [5, 5.41) is 7.12. The number of nitrogens with one attached hydrogen (secondary N) is 2. The van der Waals surface area contributed by atoms with E-state index in [1.807, 2.05) is 17.9 Å². The lowest BCUT2D eigenvalue weighted by atomic mass is 10.1. The molecule has 28 heavy (non-hydrogen) atoms.